The van der Waals surface area contributed by atoms with Crippen LogP contribution >= 0.6 is 0 Å². The van der Waals surface area contributed by atoms with E-state index in [1.807, 2.05) is 0 Å². The summed E-state index contributed by atoms with van der Waals surface area (Å²) in [4.78, 5) is 13.5. The second-order valence-corrected chi connectivity index (χ2v) is 6.19. The summed E-state index contributed by atoms with van der Waals surface area (Å²) >= 11 is 0. The van der Waals surface area contributed by atoms with Crippen molar-refractivity contribution >= 4 is 5.95 Å². The molecule has 1 aromatic rings. The average Bonchev–Trinajstić information content (AvgIpc) is 2.81. The summed E-state index contributed by atoms with van der Waals surface area (Å²) < 4.78 is 5.19. The van der Waals surface area contributed by atoms with Crippen molar-refractivity contribution in [3.8, 4) is 5.88 Å². The average molecular weight is 306 g/mol. The second kappa shape index (κ2) is 7.24. The molecule has 2 fully saturated rings. The maximum atomic E-state index is 10.3. The number of rotatable bonds is 3. The van der Waals surface area contributed by atoms with E-state index in [9.17, 15) is 5.11 Å². The third-order valence-electron chi connectivity index (χ3n) is 4.80. The molecule has 0 amide bonds. The Hall–Kier alpha value is -1.40. The Morgan fingerprint density at radius 2 is 2.00 bits per heavy atom. The Labute approximate surface area is 132 Å². The fraction of sp³-hybridized carbons (Fsp3) is 0.750. The minimum absolute atomic E-state index is 0.159. The summed E-state index contributed by atoms with van der Waals surface area (Å²) in [5.41, 5.74) is 0. The number of anilines is 1. The van der Waals surface area contributed by atoms with Gasteiger partial charge in [0.1, 0.15) is 0 Å². The van der Waals surface area contributed by atoms with Gasteiger partial charge in [0, 0.05) is 44.5 Å². The van der Waals surface area contributed by atoms with E-state index in [1.165, 1.54) is 6.42 Å². The Bertz CT molecular complexity index is 485. The maximum absolute atomic E-state index is 10.3. The highest BCUT2D eigenvalue weighted by molar-refractivity contribution is 5.32. The zero-order chi connectivity index (χ0) is 15.4. The molecule has 3 rings (SSSR count). The van der Waals surface area contributed by atoms with Gasteiger partial charge in [-0.2, -0.15) is 4.98 Å². The second-order valence-electron chi connectivity index (χ2n) is 6.19. The minimum atomic E-state index is -0.159. The largest absolute Gasteiger partial charge is 0.481 e. The minimum Gasteiger partial charge on any atom is -0.481 e. The highest BCUT2D eigenvalue weighted by Crippen LogP contribution is 2.24. The summed E-state index contributed by atoms with van der Waals surface area (Å²) in [5, 5.41) is 10.3. The first-order valence-corrected chi connectivity index (χ1v) is 8.32. The number of nitrogens with zero attached hydrogens (tertiary/aromatic N) is 4. The fourth-order valence-corrected chi connectivity index (χ4v) is 3.59. The van der Waals surface area contributed by atoms with E-state index >= 15 is 0 Å². The standard InChI is InChI=1S/C16H26N4O2/c1-22-15-7-8-17-16(18-15)20-10-4-9-19(11-12-20)13-5-2-3-6-14(13)21/h7-8,13-14,21H,2-6,9-12H2,1H3/t13-,14-/m0/s1. The first-order valence-electron chi connectivity index (χ1n) is 8.32. The molecular formula is C16H26N4O2. The SMILES string of the molecule is COc1ccnc(N2CCCN([C@H]3CCCC[C@@H]3O)CC2)n1. The Morgan fingerprint density at radius 3 is 2.82 bits per heavy atom. The predicted octanol–water partition coefficient (Wildman–Crippen LogP) is 1.30. The van der Waals surface area contributed by atoms with E-state index in [0.717, 1.165) is 57.8 Å². The number of hydrogen-bond acceptors (Lipinski definition) is 6. The molecule has 0 bridgehead atoms. The van der Waals surface area contributed by atoms with Crippen LogP contribution in [0.1, 0.15) is 32.1 Å². The van der Waals surface area contributed by atoms with Crippen LogP contribution < -0.4 is 9.64 Å². The first-order chi connectivity index (χ1) is 10.8. The monoisotopic (exact) mass is 306 g/mol. The molecule has 1 saturated carbocycles. The van der Waals surface area contributed by atoms with Crippen molar-refractivity contribution in [2.45, 2.75) is 44.2 Å². The van der Waals surface area contributed by atoms with E-state index in [0.29, 0.717) is 11.9 Å². The van der Waals surface area contributed by atoms with Crippen molar-refractivity contribution in [1.82, 2.24) is 14.9 Å². The lowest BCUT2D eigenvalue weighted by Crippen LogP contribution is -2.47. The van der Waals surface area contributed by atoms with Crippen LogP contribution in [0.4, 0.5) is 5.95 Å². The van der Waals surface area contributed by atoms with Crippen molar-refractivity contribution in [3.05, 3.63) is 12.3 Å². The lowest BCUT2D eigenvalue weighted by Gasteiger charge is -2.37. The molecule has 2 atom stereocenters. The van der Waals surface area contributed by atoms with Crippen LogP contribution in [0.15, 0.2) is 12.3 Å². The van der Waals surface area contributed by atoms with E-state index in [4.69, 9.17) is 4.74 Å². The molecule has 22 heavy (non-hydrogen) atoms. The third-order valence-corrected chi connectivity index (χ3v) is 4.80. The van der Waals surface area contributed by atoms with Crippen LogP contribution in [-0.4, -0.2) is 65.4 Å². The van der Waals surface area contributed by atoms with Gasteiger partial charge in [-0.25, -0.2) is 4.98 Å². The van der Waals surface area contributed by atoms with Gasteiger partial charge in [0.05, 0.1) is 13.2 Å². The molecule has 0 aromatic carbocycles. The van der Waals surface area contributed by atoms with Crippen molar-refractivity contribution in [2.75, 3.05) is 38.2 Å². The smallest absolute Gasteiger partial charge is 0.228 e. The highest BCUT2D eigenvalue weighted by Gasteiger charge is 2.30. The number of ether oxygens (including phenoxy) is 1. The zero-order valence-electron chi connectivity index (χ0n) is 13.3. The van der Waals surface area contributed by atoms with E-state index < -0.39 is 0 Å². The summed E-state index contributed by atoms with van der Waals surface area (Å²) in [6.45, 7) is 3.85. The molecule has 6 heteroatoms. The van der Waals surface area contributed by atoms with Crippen LogP contribution in [0.3, 0.4) is 0 Å². The zero-order valence-corrected chi connectivity index (χ0v) is 13.3. The lowest BCUT2D eigenvalue weighted by atomic mass is 9.91. The molecule has 0 radical (unpaired) electrons. The molecule has 0 spiro atoms. The highest BCUT2D eigenvalue weighted by atomic mass is 16.5. The van der Waals surface area contributed by atoms with Crippen molar-refractivity contribution in [3.63, 3.8) is 0 Å². The quantitative estimate of drug-likeness (QED) is 0.908. The van der Waals surface area contributed by atoms with Gasteiger partial charge < -0.3 is 14.7 Å². The molecule has 122 valence electrons. The molecule has 1 aliphatic heterocycles. The molecular weight excluding hydrogens is 280 g/mol. The van der Waals surface area contributed by atoms with Gasteiger partial charge in [-0.05, 0) is 19.3 Å². The Kier molecular flexibility index (Phi) is 5.10. The van der Waals surface area contributed by atoms with Crippen molar-refractivity contribution in [2.24, 2.45) is 0 Å². The van der Waals surface area contributed by atoms with Crippen LogP contribution in [0.5, 0.6) is 5.88 Å². The predicted molar refractivity (Wildman–Crippen MR) is 85.2 cm³/mol. The molecule has 2 aliphatic rings. The number of methoxy groups -OCH3 is 1. The maximum Gasteiger partial charge on any atom is 0.228 e. The van der Waals surface area contributed by atoms with Crippen LogP contribution in [-0.2, 0) is 0 Å². The van der Waals surface area contributed by atoms with Crippen LogP contribution in [0.2, 0.25) is 0 Å². The fourth-order valence-electron chi connectivity index (χ4n) is 3.59. The molecule has 0 unspecified atom stereocenters. The van der Waals surface area contributed by atoms with Gasteiger partial charge in [-0.15, -0.1) is 0 Å². The number of aromatic nitrogens is 2. The number of hydrogen-bond donors (Lipinski definition) is 1. The summed E-state index contributed by atoms with van der Waals surface area (Å²) in [7, 11) is 1.63. The van der Waals surface area contributed by atoms with Crippen molar-refractivity contribution < 1.29 is 9.84 Å². The first kappa shape index (κ1) is 15.5. The topological polar surface area (TPSA) is 61.7 Å². The number of aliphatic hydroxyl groups is 1. The number of aliphatic hydroxyl groups excluding tert-OH is 1. The van der Waals surface area contributed by atoms with Gasteiger partial charge in [0.2, 0.25) is 11.8 Å². The Balaban J connectivity index is 1.64. The van der Waals surface area contributed by atoms with Crippen molar-refractivity contribution in [1.29, 1.82) is 0 Å². The summed E-state index contributed by atoms with van der Waals surface area (Å²) in [5.74, 6) is 1.35. The van der Waals surface area contributed by atoms with Gasteiger partial charge in [-0.3, -0.25) is 4.90 Å². The lowest BCUT2D eigenvalue weighted by molar-refractivity contribution is 0.0230. The van der Waals surface area contributed by atoms with Gasteiger partial charge >= 0.3 is 0 Å². The molecule has 1 aromatic heterocycles. The molecule has 6 nitrogen and oxygen atoms in total. The normalized spacial score (nSPS) is 27.5. The van der Waals surface area contributed by atoms with Gasteiger partial charge in [-0.1, -0.05) is 12.8 Å². The van der Waals surface area contributed by atoms with E-state index in [2.05, 4.69) is 19.8 Å². The molecule has 1 saturated heterocycles. The van der Waals surface area contributed by atoms with Gasteiger partial charge in [0.25, 0.3) is 0 Å². The molecule has 2 heterocycles. The summed E-state index contributed by atoms with van der Waals surface area (Å²) in [6.07, 6.45) is 7.13. The molecule has 1 aliphatic carbocycles. The van der Waals surface area contributed by atoms with Crippen LogP contribution in [0.25, 0.3) is 0 Å². The van der Waals surface area contributed by atoms with E-state index in [-0.39, 0.29) is 6.10 Å². The van der Waals surface area contributed by atoms with Crippen LogP contribution in [0, 0.1) is 0 Å². The molecule has 1 N–H and O–H groups in total. The third kappa shape index (κ3) is 3.50. The Morgan fingerprint density at radius 1 is 1.14 bits per heavy atom. The summed E-state index contributed by atoms with van der Waals surface area (Å²) in [6, 6.07) is 2.10. The van der Waals surface area contributed by atoms with Gasteiger partial charge in [0.15, 0.2) is 0 Å². The van der Waals surface area contributed by atoms with E-state index in [1.54, 1.807) is 19.4 Å².